The normalized spacial score (nSPS) is 21.0. The number of alkyl halides is 3. The lowest BCUT2D eigenvalue weighted by Crippen LogP contribution is -2.40. The number of ether oxygens (including phenoxy) is 1. The molecule has 11 nitrogen and oxygen atoms in total. The van der Waals surface area contributed by atoms with Gasteiger partial charge in [0.15, 0.2) is 5.65 Å². The van der Waals surface area contributed by atoms with Gasteiger partial charge in [0.1, 0.15) is 17.9 Å². The summed E-state index contributed by atoms with van der Waals surface area (Å²) in [4.78, 5) is 31.8. The minimum atomic E-state index is -4.56. The van der Waals surface area contributed by atoms with Gasteiger partial charge in [-0.05, 0) is 55.9 Å². The number of nitrogens with zero attached hydrogens (tertiary/aromatic N) is 5. The van der Waals surface area contributed by atoms with E-state index in [1.54, 1.807) is 16.8 Å². The summed E-state index contributed by atoms with van der Waals surface area (Å²) in [5.74, 6) is 0.942. The summed E-state index contributed by atoms with van der Waals surface area (Å²) in [7, 11) is 1.42. The molecule has 41 heavy (non-hydrogen) atoms. The third kappa shape index (κ3) is 5.48. The van der Waals surface area contributed by atoms with Crippen molar-refractivity contribution in [3.05, 3.63) is 47.2 Å². The first-order chi connectivity index (χ1) is 19.7. The van der Waals surface area contributed by atoms with E-state index in [-0.39, 0.29) is 24.5 Å². The van der Waals surface area contributed by atoms with Crippen LogP contribution in [-0.4, -0.2) is 69.1 Å². The highest BCUT2D eigenvalue weighted by atomic mass is 19.4. The standard InChI is InChI=1S/C27H32F3N7O4/c1-3-18-17(12-41-35-18)25(38)34-24(23(14-4-5-14)15-6-7-15)19-10-37-22(32-19)8-16(9-31-37)20(13-40-2)36-11-21(27(28,29)30)33-26(36)39/h8-10,12,14-15,20-21,23-24H,3-7,11,13H2,1-2H3,(H,33,39)(H,34,38)/t20-,21+,24-/m1/s1. The number of imidazole rings is 1. The second kappa shape index (κ2) is 10.6. The monoisotopic (exact) mass is 575 g/mol. The van der Waals surface area contributed by atoms with Crippen LogP contribution in [0, 0.1) is 17.8 Å². The van der Waals surface area contributed by atoms with E-state index >= 15 is 0 Å². The Balaban J connectivity index is 1.31. The highest BCUT2D eigenvalue weighted by Crippen LogP contribution is 2.54. The van der Waals surface area contributed by atoms with E-state index in [4.69, 9.17) is 14.2 Å². The molecule has 0 radical (unpaired) electrons. The molecule has 3 aliphatic rings. The third-order valence-corrected chi connectivity index (χ3v) is 8.33. The number of aromatic nitrogens is 4. The SMILES string of the molecule is CCc1nocc1C(=O)N[C@H](c1cn2ncc([C@@H](COC)N3C[C@@H](C(F)(F)F)NC3=O)cc2n1)C(C1CC1)C1CC1. The van der Waals surface area contributed by atoms with Gasteiger partial charge in [0.05, 0.1) is 49.0 Å². The predicted molar refractivity (Wildman–Crippen MR) is 138 cm³/mol. The van der Waals surface area contributed by atoms with Crippen LogP contribution in [0.5, 0.6) is 0 Å². The van der Waals surface area contributed by atoms with Crippen molar-refractivity contribution >= 4 is 17.6 Å². The van der Waals surface area contributed by atoms with Crippen LogP contribution < -0.4 is 10.6 Å². The molecular formula is C27H32F3N7O4. The van der Waals surface area contributed by atoms with Gasteiger partial charge in [-0.15, -0.1) is 0 Å². The number of amides is 3. The van der Waals surface area contributed by atoms with Crippen molar-refractivity contribution in [2.75, 3.05) is 20.3 Å². The van der Waals surface area contributed by atoms with Crippen molar-refractivity contribution in [1.82, 2.24) is 35.3 Å². The second-order valence-corrected chi connectivity index (χ2v) is 11.2. The quantitative estimate of drug-likeness (QED) is 0.356. The zero-order valence-corrected chi connectivity index (χ0v) is 22.7. The average Bonchev–Trinajstić information content (AvgIpc) is 3.82. The molecule has 2 saturated carbocycles. The van der Waals surface area contributed by atoms with Gasteiger partial charge in [0, 0.05) is 12.7 Å². The Hall–Kier alpha value is -3.68. The summed E-state index contributed by atoms with van der Waals surface area (Å²) in [5.41, 5.74) is 2.58. The first-order valence-electron chi connectivity index (χ1n) is 13.9. The van der Waals surface area contributed by atoms with Crippen LogP contribution in [0.25, 0.3) is 5.65 Å². The van der Waals surface area contributed by atoms with Crippen LogP contribution in [0.2, 0.25) is 0 Å². The number of carbonyl (C=O) groups excluding carboxylic acids is 2. The molecule has 0 bridgehead atoms. The first-order valence-corrected chi connectivity index (χ1v) is 13.9. The van der Waals surface area contributed by atoms with Gasteiger partial charge in [-0.25, -0.2) is 14.3 Å². The number of aryl methyl sites for hydroxylation is 1. The number of fused-ring (bicyclic) bond motifs is 1. The summed E-state index contributed by atoms with van der Waals surface area (Å²) < 4.78 is 51.9. The predicted octanol–water partition coefficient (Wildman–Crippen LogP) is 3.83. The minimum Gasteiger partial charge on any atom is -0.382 e. The Bertz CT molecular complexity index is 1420. The maximum absolute atomic E-state index is 13.4. The van der Waals surface area contributed by atoms with Crippen molar-refractivity contribution in [3.63, 3.8) is 0 Å². The van der Waals surface area contributed by atoms with E-state index in [1.807, 2.05) is 12.2 Å². The highest BCUT2D eigenvalue weighted by Gasteiger charge is 2.49. The van der Waals surface area contributed by atoms with E-state index in [9.17, 15) is 22.8 Å². The van der Waals surface area contributed by atoms with Crippen LogP contribution in [0.4, 0.5) is 18.0 Å². The van der Waals surface area contributed by atoms with Crippen molar-refractivity contribution in [2.24, 2.45) is 17.8 Å². The molecule has 1 aliphatic heterocycles. The first kappa shape index (κ1) is 27.5. The Kier molecular flexibility index (Phi) is 7.12. The van der Waals surface area contributed by atoms with Gasteiger partial charge >= 0.3 is 12.2 Å². The smallest absolute Gasteiger partial charge is 0.382 e. The molecule has 0 spiro atoms. The fraction of sp³-hybridized carbons (Fsp3) is 0.593. The number of urea groups is 1. The van der Waals surface area contributed by atoms with E-state index in [1.165, 1.54) is 19.6 Å². The van der Waals surface area contributed by atoms with Crippen LogP contribution in [0.15, 0.2) is 29.2 Å². The van der Waals surface area contributed by atoms with E-state index < -0.39 is 30.8 Å². The molecule has 2 N–H and O–H groups in total. The second-order valence-electron chi connectivity index (χ2n) is 11.2. The lowest BCUT2D eigenvalue weighted by molar-refractivity contribution is -0.150. The number of hydrogen-bond donors (Lipinski definition) is 2. The topological polar surface area (TPSA) is 127 Å². The molecule has 3 aromatic rings. The van der Waals surface area contributed by atoms with Crippen molar-refractivity contribution in [1.29, 1.82) is 0 Å². The molecule has 3 amide bonds. The molecule has 4 heterocycles. The molecular weight excluding hydrogens is 543 g/mol. The summed E-state index contributed by atoms with van der Waals surface area (Å²) >= 11 is 0. The number of hydrogen-bond acceptors (Lipinski definition) is 7. The van der Waals surface area contributed by atoms with Crippen molar-refractivity contribution < 1.29 is 32.0 Å². The molecule has 220 valence electrons. The number of rotatable bonds is 11. The zero-order chi connectivity index (χ0) is 28.9. The molecule has 6 rings (SSSR count). The van der Waals surface area contributed by atoms with Crippen LogP contribution in [-0.2, 0) is 11.2 Å². The average molecular weight is 576 g/mol. The fourth-order valence-electron chi connectivity index (χ4n) is 5.95. The fourth-order valence-corrected chi connectivity index (χ4v) is 5.95. The highest BCUT2D eigenvalue weighted by molar-refractivity contribution is 5.95. The van der Waals surface area contributed by atoms with Gasteiger partial charge in [0.25, 0.3) is 5.91 Å². The van der Waals surface area contributed by atoms with E-state index in [0.29, 0.717) is 46.4 Å². The lowest BCUT2D eigenvalue weighted by Gasteiger charge is -2.27. The maximum atomic E-state index is 13.4. The lowest BCUT2D eigenvalue weighted by atomic mass is 9.87. The number of carbonyl (C=O) groups is 2. The summed E-state index contributed by atoms with van der Waals surface area (Å²) in [5, 5.41) is 13.6. The molecule has 0 unspecified atom stereocenters. The Labute approximate surface area is 233 Å². The third-order valence-electron chi connectivity index (χ3n) is 8.33. The molecule has 3 fully saturated rings. The van der Waals surface area contributed by atoms with Crippen LogP contribution in [0.3, 0.4) is 0 Å². The molecule has 3 atom stereocenters. The summed E-state index contributed by atoms with van der Waals surface area (Å²) in [6.07, 6.45) is 5.06. The van der Waals surface area contributed by atoms with Crippen LogP contribution in [0.1, 0.15) is 72.0 Å². The van der Waals surface area contributed by atoms with Crippen LogP contribution >= 0.6 is 0 Å². The Morgan fingerprint density at radius 1 is 1.27 bits per heavy atom. The van der Waals surface area contributed by atoms with Gasteiger partial charge in [-0.1, -0.05) is 12.1 Å². The molecule has 2 aliphatic carbocycles. The number of halogens is 3. The Morgan fingerprint density at radius 2 is 2.00 bits per heavy atom. The Morgan fingerprint density at radius 3 is 2.61 bits per heavy atom. The largest absolute Gasteiger partial charge is 0.410 e. The van der Waals surface area contributed by atoms with Crippen molar-refractivity contribution in [3.8, 4) is 0 Å². The maximum Gasteiger partial charge on any atom is 0.410 e. The zero-order valence-electron chi connectivity index (χ0n) is 22.7. The molecule has 1 saturated heterocycles. The number of nitrogens with one attached hydrogen (secondary N) is 2. The van der Waals surface area contributed by atoms with E-state index in [0.717, 1.165) is 30.6 Å². The van der Waals surface area contributed by atoms with Gasteiger partial charge in [-0.3, -0.25) is 4.79 Å². The molecule has 0 aromatic carbocycles. The number of methoxy groups -OCH3 is 1. The minimum absolute atomic E-state index is 0.0218. The van der Waals surface area contributed by atoms with Gasteiger partial charge in [-0.2, -0.15) is 18.3 Å². The van der Waals surface area contributed by atoms with E-state index in [2.05, 4.69) is 15.6 Å². The van der Waals surface area contributed by atoms with Gasteiger partial charge in [0.2, 0.25) is 0 Å². The molecule has 3 aromatic heterocycles. The summed E-state index contributed by atoms with van der Waals surface area (Å²) in [6.45, 7) is 1.34. The molecule has 14 heteroatoms. The summed E-state index contributed by atoms with van der Waals surface area (Å²) in [6, 6.07) is -2.25. The van der Waals surface area contributed by atoms with Gasteiger partial charge < -0.3 is 24.8 Å². The van der Waals surface area contributed by atoms with Crippen molar-refractivity contribution in [2.45, 2.75) is 63.3 Å².